The predicted octanol–water partition coefficient (Wildman–Crippen LogP) is 3.32. The van der Waals surface area contributed by atoms with Crippen LogP contribution in [0.1, 0.15) is 33.3 Å². The van der Waals surface area contributed by atoms with E-state index < -0.39 is 6.36 Å². The Morgan fingerprint density at radius 3 is 2.17 bits per heavy atom. The van der Waals surface area contributed by atoms with Gasteiger partial charge in [0.1, 0.15) is 5.75 Å². The Hall–Kier alpha value is -1.76. The standard InChI is InChI=1S/C16H23F3N2O2/c1-11(14(22)20-15(2,3)4)21(5)10-12-6-8-13(9-7-12)23-16(17,18)19/h6-9,11H,10H2,1-5H3,(H,20,22)/t11-/m1/s1. The van der Waals surface area contributed by atoms with Gasteiger partial charge >= 0.3 is 6.36 Å². The molecule has 1 rings (SSSR count). The molecule has 0 heterocycles. The molecule has 23 heavy (non-hydrogen) atoms. The summed E-state index contributed by atoms with van der Waals surface area (Å²) >= 11 is 0. The van der Waals surface area contributed by atoms with Crippen molar-refractivity contribution >= 4 is 5.91 Å². The summed E-state index contributed by atoms with van der Waals surface area (Å²) in [5, 5.41) is 2.89. The van der Waals surface area contributed by atoms with E-state index in [9.17, 15) is 18.0 Å². The largest absolute Gasteiger partial charge is 0.573 e. The monoisotopic (exact) mass is 332 g/mol. The second-order valence-electron chi connectivity index (χ2n) is 6.52. The minimum absolute atomic E-state index is 0.1000. The first kappa shape index (κ1) is 19.3. The van der Waals surface area contributed by atoms with Gasteiger partial charge in [0.05, 0.1) is 6.04 Å². The number of carbonyl (C=O) groups excluding carboxylic acids is 1. The lowest BCUT2D eigenvalue weighted by Crippen LogP contribution is -2.49. The van der Waals surface area contributed by atoms with Crippen molar-refractivity contribution in [1.82, 2.24) is 10.2 Å². The van der Waals surface area contributed by atoms with Crippen LogP contribution >= 0.6 is 0 Å². The van der Waals surface area contributed by atoms with E-state index in [2.05, 4.69) is 10.1 Å². The molecule has 4 nitrogen and oxygen atoms in total. The molecule has 0 saturated heterocycles. The van der Waals surface area contributed by atoms with Crippen molar-refractivity contribution in [2.75, 3.05) is 7.05 Å². The van der Waals surface area contributed by atoms with E-state index in [0.29, 0.717) is 6.54 Å². The number of hydrogen-bond donors (Lipinski definition) is 1. The number of nitrogens with zero attached hydrogens (tertiary/aromatic N) is 1. The van der Waals surface area contributed by atoms with Gasteiger partial charge < -0.3 is 10.1 Å². The van der Waals surface area contributed by atoms with Crippen LogP contribution in [0.15, 0.2) is 24.3 Å². The van der Waals surface area contributed by atoms with Crippen LogP contribution in [0.25, 0.3) is 0 Å². The van der Waals surface area contributed by atoms with Gasteiger partial charge in [-0.25, -0.2) is 0 Å². The zero-order chi connectivity index (χ0) is 17.8. The van der Waals surface area contributed by atoms with E-state index in [4.69, 9.17) is 0 Å². The molecule has 1 atom stereocenters. The lowest BCUT2D eigenvalue weighted by molar-refractivity contribution is -0.274. The number of amides is 1. The van der Waals surface area contributed by atoms with Crippen molar-refractivity contribution in [3.63, 3.8) is 0 Å². The number of rotatable bonds is 5. The summed E-state index contributed by atoms with van der Waals surface area (Å²) in [7, 11) is 1.78. The van der Waals surface area contributed by atoms with Crippen LogP contribution in [0.5, 0.6) is 5.75 Å². The fraction of sp³-hybridized carbons (Fsp3) is 0.562. The summed E-state index contributed by atoms with van der Waals surface area (Å²) in [6.07, 6.45) is -4.70. The Bertz CT molecular complexity index is 522. The van der Waals surface area contributed by atoms with Crippen molar-refractivity contribution in [2.45, 2.75) is 52.2 Å². The van der Waals surface area contributed by atoms with Gasteiger partial charge in [-0.1, -0.05) is 12.1 Å². The Morgan fingerprint density at radius 1 is 1.22 bits per heavy atom. The number of likely N-dealkylation sites (N-methyl/N-ethyl adjacent to an activating group) is 1. The molecule has 1 aromatic carbocycles. The minimum Gasteiger partial charge on any atom is -0.406 e. The van der Waals surface area contributed by atoms with Crippen molar-refractivity contribution in [1.29, 1.82) is 0 Å². The second-order valence-corrected chi connectivity index (χ2v) is 6.52. The first-order chi connectivity index (χ1) is 10.4. The molecule has 130 valence electrons. The van der Waals surface area contributed by atoms with Gasteiger partial charge in [-0.05, 0) is 52.4 Å². The topological polar surface area (TPSA) is 41.6 Å². The average molecular weight is 332 g/mol. The fourth-order valence-corrected chi connectivity index (χ4v) is 1.90. The third-order valence-electron chi connectivity index (χ3n) is 3.13. The van der Waals surface area contributed by atoms with Crippen LogP contribution in [0.2, 0.25) is 0 Å². The lowest BCUT2D eigenvalue weighted by Gasteiger charge is -2.28. The molecular weight excluding hydrogens is 309 g/mol. The Balaban J connectivity index is 2.63. The maximum absolute atomic E-state index is 12.1. The predicted molar refractivity (Wildman–Crippen MR) is 81.9 cm³/mol. The van der Waals surface area contributed by atoms with Crippen LogP contribution in [-0.2, 0) is 11.3 Å². The number of halogens is 3. The highest BCUT2D eigenvalue weighted by atomic mass is 19.4. The molecule has 7 heteroatoms. The van der Waals surface area contributed by atoms with Crippen LogP contribution in [-0.4, -0.2) is 35.8 Å². The van der Waals surface area contributed by atoms with Crippen molar-refractivity contribution in [3.05, 3.63) is 29.8 Å². The highest BCUT2D eigenvalue weighted by molar-refractivity contribution is 5.81. The van der Waals surface area contributed by atoms with Gasteiger partial charge in [-0.3, -0.25) is 9.69 Å². The molecule has 0 unspecified atom stereocenters. The van der Waals surface area contributed by atoms with Gasteiger partial charge in [0.25, 0.3) is 0 Å². The third kappa shape index (κ3) is 7.36. The molecular formula is C16H23F3N2O2. The first-order valence-electron chi connectivity index (χ1n) is 7.24. The Morgan fingerprint density at radius 2 is 1.74 bits per heavy atom. The normalized spacial score (nSPS) is 13.8. The van der Waals surface area contributed by atoms with Gasteiger partial charge in [-0.2, -0.15) is 0 Å². The van der Waals surface area contributed by atoms with Gasteiger partial charge in [0, 0.05) is 12.1 Å². The van der Waals surface area contributed by atoms with E-state index in [0.717, 1.165) is 5.56 Å². The van der Waals surface area contributed by atoms with Crippen molar-refractivity contribution in [3.8, 4) is 5.75 Å². The Kier molecular flexibility index (Phi) is 6.04. The van der Waals surface area contributed by atoms with Crippen molar-refractivity contribution in [2.24, 2.45) is 0 Å². The zero-order valence-electron chi connectivity index (χ0n) is 14.0. The van der Waals surface area contributed by atoms with E-state index >= 15 is 0 Å². The average Bonchev–Trinajstić information content (AvgIpc) is 2.36. The van der Waals surface area contributed by atoms with E-state index in [1.165, 1.54) is 12.1 Å². The lowest BCUT2D eigenvalue weighted by atomic mass is 10.1. The summed E-state index contributed by atoms with van der Waals surface area (Å²) in [6, 6.07) is 5.26. The van der Waals surface area contributed by atoms with Crippen LogP contribution in [0.4, 0.5) is 13.2 Å². The first-order valence-corrected chi connectivity index (χ1v) is 7.24. The maximum Gasteiger partial charge on any atom is 0.573 e. The molecule has 0 aliphatic carbocycles. The smallest absolute Gasteiger partial charge is 0.406 e. The summed E-state index contributed by atoms with van der Waals surface area (Å²) in [5.74, 6) is -0.362. The SMILES string of the molecule is C[C@H](C(=O)NC(C)(C)C)N(C)Cc1ccc(OC(F)(F)F)cc1. The number of nitrogens with one attached hydrogen (secondary N) is 1. The maximum atomic E-state index is 12.1. The second kappa shape index (κ2) is 7.21. The molecule has 1 amide bonds. The molecule has 0 radical (unpaired) electrons. The van der Waals surface area contributed by atoms with Crippen LogP contribution in [0, 0.1) is 0 Å². The molecule has 0 bridgehead atoms. The molecule has 0 aromatic heterocycles. The highest BCUT2D eigenvalue weighted by Crippen LogP contribution is 2.23. The molecule has 1 N–H and O–H groups in total. The summed E-state index contributed by atoms with van der Waals surface area (Å²) in [4.78, 5) is 13.9. The molecule has 1 aromatic rings. The van der Waals surface area contributed by atoms with E-state index in [1.54, 1.807) is 26.1 Å². The fourth-order valence-electron chi connectivity index (χ4n) is 1.90. The minimum atomic E-state index is -4.70. The van der Waals surface area contributed by atoms with Gasteiger partial charge in [-0.15, -0.1) is 13.2 Å². The molecule has 0 saturated carbocycles. The number of alkyl halides is 3. The number of carbonyl (C=O) groups is 1. The van der Waals surface area contributed by atoms with Gasteiger partial charge in [0.15, 0.2) is 0 Å². The third-order valence-corrected chi connectivity index (χ3v) is 3.13. The van der Waals surface area contributed by atoms with Crippen LogP contribution in [0.3, 0.4) is 0 Å². The van der Waals surface area contributed by atoms with E-state index in [1.807, 2.05) is 25.7 Å². The van der Waals surface area contributed by atoms with Crippen molar-refractivity contribution < 1.29 is 22.7 Å². The summed E-state index contributed by atoms with van der Waals surface area (Å²) in [6.45, 7) is 7.91. The highest BCUT2D eigenvalue weighted by Gasteiger charge is 2.31. The number of benzene rings is 1. The van der Waals surface area contributed by atoms with Crippen LogP contribution < -0.4 is 10.1 Å². The summed E-state index contributed by atoms with van der Waals surface area (Å²) < 4.78 is 40.1. The molecule has 0 aliphatic rings. The van der Waals surface area contributed by atoms with E-state index in [-0.39, 0.29) is 23.2 Å². The Labute approximate surface area is 134 Å². The zero-order valence-corrected chi connectivity index (χ0v) is 14.0. The number of ether oxygens (including phenoxy) is 1. The number of hydrogen-bond acceptors (Lipinski definition) is 3. The summed E-state index contributed by atoms with van der Waals surface area (Å²) in [5.41, 5.74) is 0.473. The molecule has 0 spiro atoms. The molecule has 0 fully saturated rings. The quantitative estimate of drug-likeness (QED) is 0.899. The molecule has 0 aliphatic heterocycles. The van der Waals surface area contributed by atoms with Gasteiger partial charge in [0.2, 0.25) is 5.91 Å².